The molecule has 0 fully saturated rings. The third kappa shape index (κ3) is 4.82. The van der Waals surface area contributed by atoms with Gasteiger partial charge in [-0.15, -0.1) is 0 Å². The first-order chi connectivity index (χ1) is 28.3. The van der Waals surface area contributed by atoms with Gasteiger partial charge in [0.2, 0.25) is 0 Å². The van der Waals surface area contributed by atoms with Gasteiger partial charge in [-0.1, -0.05) is 133 Å². The largest absolute Gasteiger partial charge is 0.454 e. The second kappa shape index (κ2) is 12.4. The minimum Gasteiger partial charge on any atom is -0.454 e. The van der Waals surface area contributed by atoms with Crippen LogP contribution in [0, 0.1) is 0 Å². The van der Waals surface area contributed by atoms with Crippen molar-refractivity contribution in [3.05, 3.63) is 194 Å². The summed E-state index contributed by atoms with van der Waals surface area (Å²) >= 11 is 0. The number of hydrogen-bond acceptors (Lipinski definition) is 3. The summed E-state index contributed by atoms with van der Waals surface area (Å²) in [4.78, 5) is 10.3. The maximum Gasteiger partial charge on any atom is 0.160 e. The molecular weight excluding hydrogens is 697 g/mol. The number of fused-ring (bicyclic) bond motifs is 11. The van der Waals surface area contributed by atoms with Crippen LogP contribution in [0.1, 0.15) is 0 Å². The van der Waals surface area contributed by atoms with Gasteiger partial charge < -0.3 is 13.6 Å². The minimum absolute atomic E-state index is 0.681. The highest BCUT2D eigenvalue weighted by Crippen LogP contribution is 2.45. The van der Waals surface area contributed by atoms with Gasteiger partial charge in [0, 0.05) is 60.4 Å². The molecule has 0 bridgehead atoms. The normalized spacial score (nSPS) is 11.9. The van der Waals surface area contributed by atoms with Crippen molar-refractivity contribution in [1.29, 1.82) is 0 Å². The average Bonchev–Trinajstić information content (AvgIpc) is 3.95. The van der Waals surface area contributed by atoms with Crippen LogP contribution in [0.3, 0.4) is 0 Å². The van der Waals surface area contributed by atoms with Gasteiger partial charge in [-0.3, -0.25) is 0 Å². The Balaban J connectivity index is 1.13. The van der Waals surface area contributed by atoms with Gasteiger partial charge in [0.1, 0.15) is 5.58 Å². The Hall–Kier alpha value is -7.76. The molecule has 0 amide bonds. The number of rotatable bonds is 5. The smallest absolute Gasteiger partial charge is 0.160 e. The fourth-order valence-electron chi connectivity index (χ4n) is 8.82. The van der Waals surface area contributed by atoms with Crippen LogP contribution in [0.25, 0.3) is 111 Å². The van der Waals surface area contributed by atoms with Crippen LogP contribution in [-0.2, 0) is 0 Å². The monoisotopic (exact) mass is 728 g/mol. The van der Waals surface area contributed by atoms with E-state index in [1.54, 1.807) is 0 Å². The molecule has 0 aliphatic heterocycles. The topological polar surface area (TPSA) is 48.8 Å². The van der Waals surface area contributed by atoms with E-state index in [9.17, 15) is 0 Å². The predicted octanol–water partition coefficient (Wildman–Crippen LogP) is 13.6. The molecule has 0 radical (unpaired) electrons. The first-order valence-corrected chi connectivity index (χ1v) is 19.3. The van der Waals surface area contributed by atoms with Crippen LogP contribution in [-0.4, -0.2) is 19.1 Å². The first-order valence-electron chi connectivity index (χ1n) is 19.3. The lowest BCUT2D eigenvalue weighted by molar-refractivity contribution is 0.671. The molecule has 0 saturated carbocycles. The molecule has 0 saturated heterocycles. The number of furan rings is 1. The molecule has 0 atom stereocenters. The van der Waals surface area contributed by atoms with E-state index in [0.29, 0.717) is 5.82 Å². The molecule has 5 heteroatoms. The Morgan fingerprint density at radius 2 is 0.930 bits per heavy atom. The molecular formula is C52H32N4O. The zero-order chi connectivity index (χ0) is 37.5. The number of nitrogens with zero attached hydrogens (tertiary/aromatic N) is 4. The maximum atomic E-state index is 6.72. The van der Waals surface area contributed by atoms with E-state index in [-0.39, 0.29) is 0 Å². The summed E-state index contributed by atoms with van der Waals surface area (Å²) in [6.45, 7) is 0. The highest BCUT2D eigenvalue weighted by atomic mass is 16.3. The van der Waals surface area contributed by atoms with Crippen molar-refractivity contribution in [2.75, 3.05) is 0 Å². The summed E-state index contributed by atoms with van der Waals surface area (Å²) < 4.78 is 11.5. The van der Waals surface area contributed by atoms with E-state index in [1.807, 2.05) is 18.2 Å². The summed E-state index contributed by atoms with van der Waals surface area (Å²) in [5, 5.41) is 6.98. The van der Waals surface area contributed by atoms with Crippen molar-refractivity contribution in [3.8, 4) is 45.3 Å². The van der Waals surface area contributed by atoms with E-state index >= 15 is 0 Å². The molecule has 12 aromatic rings. The molecule has 266 valence electrons. The van der Waals surface area contributed by atoms with E-state index in [2.05, 4.69) is 185 Å². The Kier molecular flexibility index (Phi) is 6.86. The second-order valence-corrected chi connectivity index (χ2v) is 14.6. The molecule has 0 unspecified atom stereocenters. The standard InChI is InChI=1S/C52H32N4O/c1-4-15-33(16-5-1)42-32-43(34-17-6-2-7-18-34)54-52(53-42)35-19-14-22-37(31-35)55-44-25-12-10-24-40(44)48-45(55)29-30-46-49(48)41-28-27-39-38-23-11-13-26-47(38)57-51(39)50(41)56(46)36-20-8-3-9-21-36/h1-32H. The molecule has 5 nitrogen and oxygen atoms in total. The van der Waals surface area contributed by atoms with E-state index in [1.165, 1.54) is 16.2 Å². The first kappa shape index (κ1) is 31.6. The van der Waals surface area contributed by atoms with Crippen LogP contribution >= 0.6 is 0 Å². The fourth-order valence-corrected chi connectivity index (χ4v) is 8.82. The van der Waals surface area contributed by atoms with Gasteiger partial charge in [-0.05, 0) is 60.7 Å². The highest BCUT2D eigenvalue weighted by Gasteiger charge is 2.24. The fraction of sp³-hybridized carbons (Fsp3) is 0. The van der Waals surface area contributed by atoms with Gasteiger partial charge >= 0.3 is 0 Å². The summed E-state index contributed by atoms with van der Waals surface area (Å²) in [7, 11) is 0. The van der Waals surface area contributed by atoms with Crippen LogP contribution in [0.15, 0.2) is 199 Å². The summed E-state index contributed by atoms with van der Waals surface area (Å²) in [6, 6.07) is 68.2. The van der Waals surface area contributed by atoms with Crippen molar-refractivity contribution in [2.24, 2.45) is 0 Å². The highest BCUT2D eigenvalue weighted by molar-refractivity contribution is 6.32. The Morgan fingerprint density at radius 3 is 1.67 bits per heavy atom. The lowest BCUT2D eigenvalue weighted by Crippen LogP contribution is -1.98. The Morgan fingerprint density at radius 1 is 0.368 bits per heavy atom. The maximum absolute atomic E-state index is 6.72. The number of hydrogen-bond donors (Lipinski definition) is 0. The van der Waals surface area contributed by atoms with E-state index in [0.717, 1.165) is 88.8 Å². The molecule has 57 heavy (non-hydrogen) atoms. The van der Waals surface area contributed by atoms with E-state index in [4.69, 9.17) is 14.4 Å². The lowest BCUT2D eigenvalue weighted by atomic mass is 10.0. The molecule has 12 rings (SSSR count). The predicted molar refractivity (Wildman–Crippen MR) is 234 cm³/mol. The summed E-state index contributed by atoms with van der Waals surface area (Å²) in [5.41, 5.74) is 13.2. The molecule has 0 aliphatic carbocycles. The van der Waals surface area contributed by atoms with Gasteiger partial charge in [-0.2, -0.15) is 0 Å². The quantitative estimate of drug-likeness (QED) is 0.177. The molecule has 0 N–H and O–H groups in total. The molecule has 0 spiro atoms. The summed E-state index contributed by atoms with van der Waals surface area (Å²) in [5.74, 6) is 0.681. The van der Waals surface area contributed by atoms with Crippen molar-refractivity contribution < 1.29 is 4.42 Å². The van der Waals surface area contributed by atoms with Gasteiger partial charge in [0.25, 0.3) is 0 Å². The van der Waals surface area contributed by atoms with Crippen LogP contribution in [0.4, 0.5) is 0 Å². The average molecular weight is 729 g/mol. The van der Waals surface area contributed by atoms with Crippen LogP contribution in [0.2, 0.25) is 0 Å². The third-order valence-corrected chi connectivity index (χ3v) is 11.3. The van der Waals surface area contributed by atoms with Gasteiger partial charge in [-0.25, -0.2) is 9.97 Å². The summed E-state index contributed by atoms with van der Waals surface area (Å²) in [6.07, 6.45) is 0. The Bertz CT molecular complexity index is 3450. The van der Waals surface area contributed by atoms with Gasteiger partial charge in [0.15, 0.2) is 11.4 Å². The lowest BCUT2D eigenvalue weighted by Gasteiger charge is -2.12. The zero-order valence-corrected chi connectivity index (χ0v) is 30.7. The minimum atomic E-state index is 0.681. The molecule has 8 aromatic carbocycles. The van der Waals surface area contributed by atoms with Crippen LogP contribution in [0.5, 0.6) is 0 Å². The number of aromatic nitrogens is 4. The van der Waals surface area contributed by atoms with Crippen LogP contribution < -0.4 is 0 Å². The molecule has 0 aliphatic rings. The Labute approximate surface area is 327 Å². The third-order valence-electron chi connectivity index (χ3n) is 11.3. The van der Waals surface area contributed by atoms with Crippen molar-refractivity contribution >= 4 is 65.6 Å². The van der Waals surface area contributed by atoms with E-state index < -0.39 is 0 Å². The number of para-hydroxylation sites is 3. The van der Waals surface area contributed by atoms with Crippen molar-refractivity contribution in [3.63, 3.8) is 0 Å². The zero-order valence-electron chi connectivity index (χ0n) is 30.7. The van der Waals surface area contributed by atoms with Crippen molar-refractivity contribution in [2.45, 2.75) is 0 Å². The second-order valence-electron chi connectivity index (χ2n) is 14.6. The van der Waals surface area contributed by atoms with Crippen molar-refractivity contribution in [1.82, 2.24) is 19.1 Å². The number of benzene rings is 8. The molecule has 4 aromatic heterocycles. The van der Waals surface area contributed by atoms with Gasteiger partial charge in [0.05, 0.1) is 33.5 Å². The molecule has 4 heterocycles. The SMILES string of the molecule is c1ccc(-c2cc(-c3ccccc3)nc(-c3cccc(-n4c5ccccc5c5c6c7ccc8c9ccccc9oc8c7n(-c7ccccc7)c6ccc54)c3)n2)cc1.